The maximum Gasteiger partial charge on any atom is 0.122 e. The molecule has 0 saturated carbocycles. The van der Waals surface area contributed by atoms with Crippen LogP contribution in [-0.4, -0.2) is 49.6 Å². The van der Waals surface area contributed by atoms with E-state index < -0.39 is 0 Å². The molecule has 0 aromatic heterocycles. The normalized spacial score (nSPS) is 26.9. The van der Waals surface area contributed by atoms with E-state index in [1.165, 1.54) is 49.2 Å². The maximum atomic E-state index is 5.43. The van der Waals surface area contributed by atoms with Crippen LogP contribution >= 0.6 is 0 Å². The number of likely N-dealkylation sites (N-methyl/N-ethyl adjacent to an activating group) is 1. The maximum absolute atomic E-state index is 5.43. The molecule has 2 bridgehead atoms. The average Bonchev–Trinajstić information content (AvgIpc) is 2.73. The lowest BCUT2D eigenvalue weighted by Crippen LogP contribution is -2.43. The number of methoxy groups -OCH3 is 1. The summed E-state index contributed by atoms with van der Waals surface area (Å²) in [6.45, 7) is 9.25. The lowest BCUT2D eigenvalue weighted by atomic mass is 9.93. The Labute approximate surface area is 128 Å². The van der Waals surface area contributed by atoms with Gasteiger partial charge in [0.05, 0.1) is 7.11 Å². The summed E-state index contributed by atoms with van der Waals surface area (Å²) in [5, 5.41) is 0. The number of hydrogen-bond acceptors (Lipinski definition) is 3. The van der Waals surface area contributed by atoms with E-state index in [1.807, 2.05) is 0 Å². The minimum absolute atomic E-state index is 0.732. The molecule has 3 nitrogen and oxygen atoms in total. The van der Waals surface area contributed by atoms with E-state index in [-0.39, 0.29) is 0 Å². The van der Waals surface area contributed by atoms with Crippen LogP contribution in [0.1, 0.15) is 29.5 Å². The van der Waals surface area contributed by atoms with Crippen molar-refractivity contribution in [2.45, 2.75) is 39.3 Å². The van der Waals surface area contributed by atoms with Crippen molar-refractivity contribution >= 4 is 0 Å². The smallest absolute Gasteiger partial charge is 0.122 e. The number of rotatable bonds is 3. The first-order valence-corrected chi connectivity index (χ1v) is 8.14. The van der Waals surface area contributed by atoms with Crippen LogP contribution in [0, 0.1) is 19.8 Å². The largest absolute Gasteiger partial charge is 0.496 e. The van der Waals surface area contributed by atoms with Gasteiger partial charge in [-0.1, -0.05) is 6.07 Å². The van der Waals surface area contributed by atoms with E-state index in [2.05, 4.69) is 42.8 Å². The summed E-state index contributed by atoms with van der Waals surface area (Å²) >= 11 is 0. The highest BCUT2D eigenvalue weighted by molar-refractivity contribution is 5.43. The second-order valence-electron chi connectivity index (χ2n) is 6.92. The molecule has 3 heterocycles. The average molecular weight is 288 g/mol. The Kier molecular flexibility index (Phi) is 4.23. The van der Waals surface area contributed by atoms with Gasteiger partial charge in [0.1, 0.15) is 5.75 Å². The van der Waals surface area contributed by atoms with Gasteiger partial charge in [-0.3, -0.25) is 4.90 Å². The molecule has 3 aliphatic heterocycles. The Bertz CT molecular complexity index is 514. The van der Waals surface area contributed by atoms with Crippen LogP contribution in [0.25, 0.3) is 0 Å². The topological polar surface area (TPSA) is 15.7 Å². The Hall–Kier alpha value is -1.06. The van der Waals surface area contributed by atoms with Crippen LogP contribution < -0.4 is 4.74 Å². The summed E-state index contributed by atoms with van der Waals surface area (Å²) in [7, 11) is 4.03. The third-order valence-electron chi connectivity index (χ3n) is 5.45. The summed E-state index contributed by atoms with van der Waals surface area (Å²) in [6.07, 6.45) is 2.77. The zero-order valence-electron chi connectivity index (χ0n) is 13.9. The van der Waals surface area contributed by atoms with Gasteiger partial charge in [0, 0.05) is 32.2 Å². The molecule has 3 aliphatic rings. The first-order chi connectivity index (χ1) is 10.1. The van der Waals surface area contributed by atoms with Crippen molar-refractivity contribution in [3.8, 4) is 5.75 Å². The summed E-state index contributed by atoms with van der Waals surface area (Å²) in [5.41, 5.74) is 4.14. The molecule has 0 spiro atoms. The van der Waals surface area contributed by atoms with Crippen LogP contribution in [0.2, 0.25) is 0 Å². The molecule has 0 radical (unpaired) electrons. The van der Waals surface area contributed by atoms with Gasteiger partial charge in [0.2, 0.25) is 0 Å². The fourth-order valence-corrected chi connectivity index (χ4v) is 4.07. The van der Waals surface area contributed by atoms with Crippen molar-refractivity contribution in [3.63, 3.8) is 0 Å². The number of ether oxygens (including phenoxy) is 1. The van der Waals surface area contributed by atoms with Crippen molar-refractivity contribution < 1.29 is 4.74 Å². The third-order valence-corrected chi connectivity index (χ3v) is 5.45. The van der Waals surface area contributed by atoms with Gasteiger partial charge in [0.25, 0.3) is 0 Å². The first kappa shape index (κ1) is 14.9. The van der Waals surface area contributed by atoms with Gasteiger partial charge >= 0.3 is 0 Å². The van der Waals surface area contributed by atoms with E-state index >= 15 is 0 Å². The van der Waals surface area contributed by atoms with Crippen molar-refractivity contribution in [1.29, 1.82) is 0 Å². The van der Waals surface area contributed by atoms with E-state index in [4.69, 9.17) is 4.74 Å². The standard InChI is InChI=1S/C18H28N2O/c1-13-14(2)18(21-4)8-6-16(13)11-20-10-15-5-7-17(20)12-19(3)9-15/h6,8,15,17H,5,7,9-12H2,1-4H3/t15-,17+/m0/s1. The van der Waals surface area contributed by atoms with Crippen LogP contribution in [-0.2, 0) is 6.54 Å². The molecule has 0 unspecified atom stereocenters. The van der Waals surface area contributed by atoms with E-state index in [0.717, 1.165) is 24.3 Å². The van der Waals surface area contributed by atoms with Gasteiger partial charge in [-0.05, 0) is 62.4 Å². The quantitative estimate of drug-likeness (QED) is 0.850. The third kappa shape index (κ3) is 2.95. The van der Waals surface area contributed by atoms with Gasteiger partial charge in [-0.25, -0.2) is 0 Å². The summed E-state index contributed by atoms with van der Waals surface area (Å²) in [6, 6.07) is 5.11. The molecule has 116 valence electrons. The van der Waals surface area contributed by atoms with E-state index in [9.17, 15) is 0 Å². The summed E-state index contributed by atoms with van der Waals surface area (Å²) < 4.78 is 5.43. The second kappa shape index (κ2) is 5.98. The van der Waals surface area contributed by atoms with Crippen molar-refractivity contribution in [1.82, 2.24) is 9.80 Å². The van der Waals surface area contributed by atoms with E-state index in [1.54, 1.807) is 7.11 Å². The minimum Gasteiger partial charge on any atom is -0.496 e. The number of benzene rings is 1. The lowest BCUT2D eigenvalue weighted by Gasteiger charge is -2.36. The van der Waals surface area contributed by atoms with Crippen molar-refractivity contribution in [2.24, 2.45) is 5.92 Å². The van der Waals surface area contributed by atoms with Crippen LogP contribution in [0.3, 0.4) is 0 Å². The highest BCUT2D eigenvalue weighted by Gasteiger charge is 2.33. The van der Waals surface area contributed by atoms with Gasteiger partial charge in [0.15, 0.2) is 0 Å². The first-order valence-electron chi connectivity index (χ1n) is 8.14. The Morgan fingerprint density at radius 1 is 1.10 bits per heavy atom. The van der Waals surface area contributed by atoms with Crippen LogP contribution in [0.5, 0.6) is 5.75 Å². The number of piperidine rings is 1. The molecule has 3 fully saturated rings. The molecule has 1 aromatic carbocycles. The summed E-state index contributed by atoms with van der Waals surface area (Å²) in [5.74, 6) is 1.86. The predicted octanol–water partition coefficient (Wildman–Crippen LogP) is 2.84. The molecular formula is C18H28N2O. The zero-order chi connectivity index (χ0) is 15.0. The molecule has 2 atom stereocenters. The molecule has 4 rings (SSSR count). The molecule has 3 saturated heterocycles. The fraction of sp³-hybridized carbons (Fsp3) is 0.667. The van der Waals surface area contributed by atoms with Crippen molar-refractivity contribution in [3.05, 3.63) is 28.8 Å². The van der Waals surface area contributed by atoms with Gasteiger partial charge < -0.3 is 9.64 Å². The number of nitrogens with zero attached hydrogens (tertiary/aromatic N) is 2. The van der Waals surface area contributed by atoms with Crippen LogP contribution in [0.15, 0.2) is 12.1 Å². The Morgan fingerprint density at radius 3 is 2.67 bits per heavy atom. The highest BCUT2D eigenvalue weighted by atomic mass is 16.5. The molecule has 0 aliphatic carbocycles. The molecule has 3 heteroatoms. The second-order valence-corrected chi connectivity index (χ2v) is 6.92. The Balaban J connectivity index is 1.79. The molecule has 0 amide bonds. The lowest BCUT2D eigenvalue weighted by molar-refractivity contribution is 0.124. The minimum atomic E-state index is 0.732. The molecule has 1 aromatic rings. The summed E-state index contributed by atoms with van der Waals surface area (Å²) in [4.78, 5) is 5.24. The Morgan fingerprint density at radius 2 is 1.90 bits per heavy atom. The number of hydrogen-bond donors (Lipinski definition) is 0. The van der Waals surface area contributed by atoms with Gasteiger partial charge in [-0.2, -0.15) is 0 Å². The van der Waals surface area contributed by atoms with Crippen molar-refractivity contribution in [2.75, 3.05) is 33.8 Å². The molecule has 21 heavy (non-hydrogen) atoms. The van der Waals surface area contributed by atoms with E-state index in [0.29, 0.717) is 0 Å². The monoisotopic (exact) mass is 288 g/mol. The molecule has 0 N–H and O–H groups in total. The van der Waals surface area contributed by atoms with Gasteiger partial charge in [-0.15, -0.1) is 0 Å². The predicted molar refractivity (Wildman–Crippen MR) is 86.9 cm³/mol. The zero-order valence-corrected chi connectivity index (χ0v) is 13.9. The highest BCUT2D eigenvalue weighted by Crippen LogP contribution is 2.30. The number of fused-ring (bicyclic) bond motifs is 4. The fourth-order valence-electron chi connectivity index (χ4n) is 4.07. The molecular weight excluding hydrogens is 260 g/mol. The van der Waals surface area contributed by atoms with Crippen LogP contribution in [0.4, 0.5) is 0 Å². The SMILES string of the molecule is COc1ccc(CN2C[C@H]3CC[C@@H]2CN(C)C3)c(C)c1C.